The summed E-state index contributed by atoms with van der Waals surface area (Å²) in [4.78, 5) is 9.45. The van der Waals surface area contributed by atoms with Crippen molar-refractivity contribution in [2.75, 3.05) is 17.6 Å². The Bertz CT molecular complexity index is 575. The quantitative estimate of drug-likeness (QED) is 0.522. The van der Waals surface area contributed by atoms with Crippen LogP contribution in [0.25, 0.3) is 11.3 Å². The molecule has 0 radical (unpaired) electrons. The second-order valence-electron chi connectivity index (χ2n) is 4.60. The van der Waals surface area contributed by atoms with Gasteiger partial charge < -0.3 is 5.32 Å². The first kappa shape index (κ1) is 16.5. The number of anilines is 1. The second kappa shape index (κ2) is 8.58. The normalized spacial score (nSPS) is 10.6. The van der Waals surface area contributed by atoms with E-state index < -0.39 is 0 Å². The molecule has 0 aliphatic rings. The molecule has 0 spiro atoms. The molecule has 0 atom stereocenters. The SMILES string of the molecule is CCCSCc1nc(NCC)c(I)c(-c2ccccc2)n1. The lowest BCUT2D eigenvalue weighted by molar-refractivity contribution is 1.01. The molecule has 1 aromatic carbocycles. The van der Waals surface area contributed by atoms with Gasteiger partial charge in [-0.1, -0.05) is 37.3 Å². The van der Waals surface area contributed by atoms with Gasteiger partial charge in [-0.2, -0.15) is 11.8 Å². The van der Waals surface area contributed by atoms with Crippen molar-refractivity contribution in [3.63, 3.8) is 0 Å². The molecule has 1 aromatic heterocycles. The van der Waals surface area contributed by atoms with Gasteiger partial charge in [-0.3, -0.25) is 0 Å². The number of nitrogens with one attached hydrogen (secondary N) is 1. The highest BCUT2D eigenvalue weighted by Gasteiger charge is 2.13. The van der Waals surface area contributed by atoms with Crippen LogP contribution in [0.3, 0.4) is 0 Å². The number of hydrogen-bond donors (Lipinski definition) is 1. The highest BCUT2D eigenvalue weighted by molar-refractivity contribution is 14.1. The van der Waals surface area contributed by atoms with E-state index in [-0.39, 0.29) is 0 Å². The molecule has 0 fully saturated rings. The number of rotatable bonds is 7. The van der Waals surface area contributed by atoms with Crippen LogP contribution in [-0.4, -0.2) is 22.3 Å². The highest BCUT2D eigenvalue weighted by Crippen LogP contribution is 2.28. The zero-order valence-electron chi connectivity index (χ0n) is 12.4. The molecule has 1 heterocycles. The zero-order valence-corrected chi connectivity index (χ0v) is 15.4. The molecule has 2 rings (SSSR count). The van der Waals surface area contributed by atoms with Crippen LogP contribution < -0.4 is 5.32 Å². The molecule has 0 bridgehead atoms. The molecule has 0 amide bonds. The van der Waals surface area contributed by atoms with Crippen LogP contribution >= 0.6 is 34.4 Å². The Labute approximate surface area is 144 Å². The van der Waals surface area contributed by atoms with E-state index in [2.05, 4.69) is 58.9 Å². The van der Waals surface area contributed by atoms with E-state index in [0.29, 0.717) is 0 Å². The van der Waals surface area contributed by atoms with Gasteiger partial charge in [-0.25, -0.2) is 9.97 Å². The highest BCUT2D eigenvalue weighted by atomic mass is 127. The number of thioether (sulfide) groups is 1. The van der Waals surface area contributed by atoms with E-state index in [9.17, 15) is 0 Å². The Morgan fingerprint density at radius 1 is 1.14 bits per heavy atom. The molecule has 0 aliphatic heterocycles. The number of nitrogens with zero attached hydrogens (tertiary/aromatic N) is 2. The van der Waals surface area contributed by atoms with Crippen molar-refractivity contribution < 1.29 is 0 Å². The predicted octanol–water partition coefficient (Wildman–Crippen LogP) is 4.82. The molecule has 1 N–H and O–H groups in total. The first-order valence-corrected chi connectivity index (χ1v) is 9.43. The molecule has 21 heavy (non-hydrogen) atoms. The second-order valence-corrected chi connectivity index (χ2v) is 6.78. The number of benzene rings is 1. The fourth-order valence-corrected chi connectivity index (χ4v) is 3.43. The third kappa shape index (κ3) is 4.57. The molecular formula is C16H20IN3S. The monoisotopic (exact) mass is 413 g/mol. The van der Waals surface area contributed by atoms with Crippen molar-refractivity contribution in [1.82, 2.24) is 9.97 Å². The molecule has 2 aromatic rings. The Balaban J connectivity index is 2.37. The zero-order chi connectivity index (χ0) is 15.1. The number of hydrogen-bond acceptors (Lipinski definition) is 4. The van der Waals surface area contributed by atoms with Crippen molar-refractivity contribution in [2.24, 2.45) is 0 Å². The summed E-state index contributed by atoms with van der Waals surface area (Å²) < 4.78 is 1.09. The van der Waals surface area contributed by atoms with Crippen LogP contribution in [0.15, 0.2) is 30.3 Å². The topological polar surface area (TPSA) is 37.8 Å². The summed E-state index contributed by atoms with van der Waals surface area (Å²) in [5, 5.41) is 3.35. The molecule has 0 saturated heterocycles. The summed E-state index contributed by atoms with van der Waals surface area (Å²) in [6, 6.07) is 10.3. The van der Waals surface area contributed by atoms with Crippen LogP contribution in [0.5, 0.6) is 0 Å². The molecule has 3 nitrogen and oxygen atoms in total. The fourth-order valence-electron chi connectivity index (χ4n) is 1.94. The van der Waals surface area contributed by atoms with Crippen LogP contribution in [0.4, 0.5) is 5.82 Å². The first-order chi connectivity index (χ1) is 10.3. The van der Waals surface area contributed by atoms with Gasteiger partial charge in [0.1, 0.15) is 11.6 Å². The van der Waals surface area contributed by atoms with Crippen LogP contribution in [0.2, 0.25) is 0 Å². The smallest absolute Gasteiger partial charge is 0.143 e. The van der Waals surface area contributed by atoms with Crippen molar-refractivity contribution in [1.29, 1.82) is 0 Å². The average Bonchev–Trinajstić information content (AvgIpc) is 2.51. The minimum Gasteiger partial charge on any atom is -0.369 e. The van der Waals surface area contributed by atoms with Gasteiger partial charge in [-0.05, 0) is 41.7 Å². The van der Waals surface area contributed by atoms with E-state index in [0.717, 1.165) is 44.5 Å². The maximum absolute atomic E-state index is 4.78. The summed E-state index contributed by atoms with van der Waals surface area (Å²) in [6.45, 7) is 5.15. The fraction of sp³-hybridized carbons (Fsp3) is 0.375. The summed E-state index contributed by atoms with van der Waals surface area (Å²) in [6.07, 6.45) is 1.18. The Hall–Kier alpha value is -0.820. The molecule has 112 valence electrons. The lowest BCUT2D eigenvalue weighted by Gasteiger charge is -2.12. The summed E-state index contributed by atoms with van der Waals surface area (Å²) in [5.74, 6) is 3.86. The van der Waals surface area contributed by atoms with E-state index in [1.54, 1.807) is 0 Å². The summed E-state index contributed by atoms with van der Waals surface area (Å²) in [7, 11) is 0. The average molecular weight is 413 g/mol. The molecular weight excluding hydrogens is 393 g/mol. The number of aromatic nitrogens is 2. The Kier molecular flexibility index (Phi) is 6.76. The largest absolute Gasteiger partial charge is 0.369 e. The van der Waals surface area contributed by atoms with E-state index in [1.807, 2.05) is 30.0 Å². The number of halogens is 1. The third-order valence-electron chi connectivity index (χ3n) is 2.87. The molecule has 0 saturated carbocycles. The van der Waals surface area contributed by atoms with Gasteiger partial charge in [0.2, 0.25) is 0 Å². The minimum atomic E-state index is 0.864. The summed E-state index contributed by atoms with van der Waals surface area (Å²) >= 11 is 4.22. The standard InChI is InChI=1S/C16H20IN3S/c1-3-10-21-11-13-19-15(12-8-6-5-7-9-12)14(17)16(20-13)18-4-2/h5-9H,3-4,10-11H2,1-2H3,(H,18,19,20). The Morgan fingerprint density at radius 2 is 1.90 bits per heavy atom. The van der Waals surface area contributed by atoms with Crippen molar-refractivity contribution in [3.8, 4) is 11.3 Å². The maximum atomic E-state index is 4.78. The first-order valence-electron chi connectivity index (χ1n) is 7.19. The maximum Gasteiger partial charge on any atom is 0.143 e. The van der Waals surface area contributed by atoms with E-state index in [4.69, 9.17) is 4.98 Å². The predicted molar refractivity (Wildman–Crippen MR) is 101 cm³/mol. The van der Waals surface area contributed by atoms with Crippen LogP contribution in [-0.2, 0) is 5.75 Å². The van der Waals surface area contributed by atoms with Crippen molar-refractivity contribution >= 4 is 40.2 Å². The van der Waals surface area contributed by atoms with Crippen molar-refractivity contribution in [3.05, 3.63) is 39.7 Å². The summed E-state index contributed by atoms with van der Waals surface area (Å²) in [5.41, 5.74) is 2.17. The Morgan fingerprint density at radius 3 is 2.57 bits per heavy atom. The van der Waals surface area contributed by atoms with Crippen molar-refractivity contribution in [2.45, 2.75) is 26.0 Å². The van der Waals surface area contributed by atoms with Crippen LogP contribution in [0.1, 0.15) is 26.1 Å². The van der Waals surface area contributed by atoms with Gasteiger partial charge in [0.25, 0.3) is 0 Å². The lowest BCUT2D eigenvalue weighted by atomic mass is 10.1. The van der Waals surface area contributed by atoms with Crippen LogP contribution in [0, 0.1) is 3.57 Å². The van der Waals surface area contributed by atoms with E-state index in [1.165, 1.54) is 6.42 Å². The molecule has 0 unspecified atom stereocenters. The van der Waals surface area contributed by atoms with Gasteiger partial charge in [0.05, 0.1) is 15.0 Å². The van der Waals surface area contributed by atoms with E-state index >= 15 is 0 Å². The van der Waals surface area contributed by atoms with Gasteiger partial charge in [0.15, 0.2) is 0 Å². The lowest BCUT2D eigenvalue weighted by Crippen LogP contribution is -2.07. The minimum absolute atomic E-state index is 0.864. The van der Waals surface area contributed by atoms with Gasteiger partial charge in [0, 0.05) is 12.1 Å². The third-order valence-corrected chi connectivity index (χ3v) is 5.05. The van der Waals surface area contributed by atoms with Gasteiger partial charge >= 0.3 is 0 Å². The van der Waals surface area contributed by atoms with Gasteiger partial charge in [-0.15, -0.1) is 0 Å². The molecule has 0 aliphatic carbocycles. The molecule has 5 heteroatoms.